The minimum atomic E-state index is -0.272. The van der Waals surface area contributed by atoms with Gasteiger partial charge in [0.1, 0.15) is 6.10 Å². The number of rotatable bonds is 11. The van der Waals surface area contributed by atoms with E-state index in [0.29, 0.717) is 13.0 Å². The predicted octanol–water partition coefficient (Wildman–Crippen LogP) is 4.61. The molecule has 2 unspecified atom stereocenters. The Balaban J connectivity index is 1.91. The Bertz CT molecular complexity index is 731. The monoisotopic (exact) mass is 396 g/mol. The summed E-state index contributed by atoms with van der Waals surface area (Å²) in [6, 6.07) is 20.5. The molecule has 2 aromatic carbocycles. The molecule has 0 bridgehead atoms. The molecule has 1 N–H and O–H groups in total. The van der Waals surface area contributed by atoms with Gasteiger partial charge in [-0.2, -0.15) is 0 Å². The van der Waals surface area contributed by atoms with E-state index >= 15 is 0 Å². The van der Waals surface area contributed by atoms with Gasteiger partial charge in [-0.3, -0.25) is 9.69 Å². The number of nitrogens with zero attached hydrogens (tertiary/aromatic N) is 1. The summed E-state index contributed by atoms with van der Waals surface area (Å²) in [4.78, 5) is 14.8. The minimum absolute atomic E-state index is 0.0871. The number of hydrogen-bond acceptors (Lipinski definition) is 4. The molecule has 0 fully saturated rings. The van der Waals surface area contributed by atoms with Crippen LogP contribution in [0.3, 0.4) is 0 Å². The smallest absolute Gasteiger partial charge is 0.307 e. The lowest BCUT2D eigenvalue weighted by Crippen LogP contribution is -2.42. The van der Waals surface area contributed by atoms with Crippen LogP contribution >= 0.6 is 0 Å². The maximum atomic E-state index is 12.6. The van der Waals surface area contributed by atoms with Gasteiger partial charge in [-0.15, -0.1) is 0 Å². The van der Waals surface area contributed by atoms with Crippen LogP contribution in [0.4, 0.5) is 0 Å². The van der Waals surface area contributed by atoms with Gasteiger partial charge >= 0.3 is 5.97 Å². The molecule has 4 nitrogen and oxygen atoms in total. The standard InChI is InChI=1S/C25H36N2O2/c1-6-27(5)20(2)24(22-15-11-8-12-16-22)29-23(28)17-18-26-25(3,4)19-21-13-9-7-10-14-21/h7-16,20,24,26H,6,17-19H2,1-5H3. The van der Waals surface area contributed by atoms with Crippen molar-refractivity contribution in [2.24, 2.45) is 0 Å². The van der Waals surface area contributed by atoms with Crippen LogP contribution in [0.25, 0.3) is 0 Å². The van der Waals surface area contributed by atoms with Gasteiger partial charge in [-0.25, -0.2) is 0 Å². The molecule has 0 saturated carbocycles. The first-order chi connectivity index (χ1) is 13.8. The Morgan fingerprint density at radius 1 is 1.07 bits per heavy atom. The first-order valence-electron chi connectivity index (χ1n) is 10.6. The molecular weight excluding hydrogens is 360 g/mol. The summed E-state index contributed by atoms with van der Waals surface area (Å²) < 4.78 is 5.93. The van der Waals surface area contributed by atoms with Gasteiger partial charge in [0.25, 0.3) is 0 Å². The van der Waals surface area contributed by atoms with Gasteiger partial charge in [0.05, 0.1) is 6.42 Å². The van der Waals surface area contributed by atoms with Gasteiger partial charge in [0.2, 0.25) is 0 Å². The molecule has 4 heteroatoms. The van der Waals surface area contributed by atoms with Crippen molar-refractivity contribution in [3.8, 4) is 0 Å². The van der Waals surface area contributed by atoms with E-state index in [0.717, 1.165) is 18.5 Å². The van der Waals surface area contributed by atoms with E-state index in [9.17, 15) is 4.79 Å². The van der Waals surface area contributed by atoms with E-state index in [1.165, 1.54) is 5.56 Å². The third-order valence-electron chi connectivity index (χ3n) is 5.44. The Kier molecular flexibility index (Phi) is 8.87. The molecule has 0 spiro atoms. The van der Waals surface area contributed by atoms with Gasteiger partial charge in [-0.1, -0.05) is 67.6 Å². The number of likely N-dealkylation sites (N-methyl/N-ethyl adjacent to an activating group) is 1. The summed E-state index contributed by atoms with van der Waals surface area (Å²) in [6.07, 6.45) is 0.990. The second-order valence-corrected chi connectivity index (χ2v) is 8.36. The van der Waals surface area contributed by atoms with Crippen molar-refractivity contribution in [1.29, 1.82) is 0 Å². The van der Waals surface area contributed by atoms with Crippen LogP contribution < -0.4 is 5.32 Å². The molecule has 0 saturated heterocycles. The molecule has 0 aliphatic heterocycles. The fourth-order valence-electron chi connectivity index (χ4n) is 3.48. The normalized spacial score (nSPS) is 13.9. The Morgan fingerprint density at radius 3 is 2.24 bits per heavy atom. The zero-order chi connectivity index (χ0) is 21.3. The molecule has 158 valence electrons. The Labute approximate surface area is 176 Å². The van der Waals surface area contributed by atoms with Crippen molar-refractivity contribution < 1.29 is 9.53 Å². The molecule has 0 aliphatic rings. The summed E-state index contributed by atoms with van der Waals surface area (Å²) in [5, 5.41) is 3.50. The largest absolute Gasteiger partial charge is 0.456 e. The number of esters is 1. The highest BCUT2D eigenvalue weighted by atomic mass is 16.5. The van der Waals surface area contributed by atoms with Crippen LogP contribution in [0.15, 0.2) is 60.7 Å². The summed E-state index contributed by atoms with van der Waals surface area (Å²) in [7, 11) is 2.06. The van der Waals surface area contributed by atoms with Crippen LogP contribution in [-0.4, -0.2) is 42.6 Å². The topological polar surface area (TPSA) is 41.6 Å². The van der Waals surface area contributed by atoms with Crippen molar-refractivity contribution in [2.45, 2.75) is 58.2 Å². The molecule has 2 aromatic rings. The van der Waals surface area contributed by atoms with Gasteiger partial charge in [0.15, 0.2) is 0 Å². The number of ether oxygens (including phenoxy) is 1. The van der Waals surface area contributed by atoms with Crippen molar-refractivity contribution >= 4 is 5.97 Å². The van der Waals surface area contributed by atoms with Crippen molar-refractivity contribution in [1.82, 2.24) is 10.2 Å². The van der Waals surface area contributed by atoms with Crippen LogP contribution in [0.1, 0.15) is 51.3 Å². The van der Waals surface area contributed by atoms with E-state index in [2.05, 4.69) is 69.2 Å². The maximum absolute atomic E-state index is 12.6. The second-order valence-electron chi connectivity index (χ2n) is 8.36. The first-order valence-corrected chi connectivity index (χ1v) is 10.6. The molecule has 0 heterocycles. The summed E-state index contributed by atoms with van der Waals surface area (Å²) in [6.45, 7) is 10.0. The zero-order valence-electron chi connectivity index (χ0n) is 18.5. The highest BCUT2D eigenvalue weighted by molar-refractivity contribution is 5.70. The molecule has 0 aliphatic carbocycles. The van der Waals surface area contributed by atoms with Crippen molar-refractivity contribution in [3.63, 3.8) is 0 Å². The Morgan fingerprint density at radius 2 is 1.66 bits per heavy atom. The first kappa shape index (κ1) is 23.1. The lowest BCUT2D eigenvalue weighted by molar-refractivity contribution is -0.152. The lowest BCUT2D eigenvalue weighted by atomic mass is 9.95. The molecular formula is C25H36N2O2. The fourth-order valence-corrected chi connectivity index (χ4v) is 3.48. The second kappa shape index (κ2) is 11.1. The van der Waals surface area contributed by atoms with E-state index in [-0.39, 0.29) is 23.7 Å². The summed E-state index contributed by atoms with van der Waals surface area (Å²) in [5.74, 6) is -0.168. The summed E-state index contributed by atoms with van der Waals surface area (Å²) >= 11 is 0. The predicted molar refractivity (Wildman–Crippen MR) is 120 cm³/mol. The zero-order valence-corrected chi connectivity index (χ0v) is 18.5. The highest BCUT2D eigenvalue weighted by Crippen LogP contribution is 2.25. The van der Waals surface area contributed by atoms with Crippen LogP contribution in [-0.2, 0) is 16.0 Å². The number of hydrogen-bond donors (Lipinski definition) is 1. The van der Waals surface area contributed by atoms with Crippen LogP contribution in [0.5, 0.6) is 0 Å². The molecule has 0 radical (unpaired) electrons. The van der Waals surface area contributed by atoms with E-state index < -0.39 is 0 Å². The van der Waals surface area contributed by atoms with Gasteiger partial charge in [0, 0.05) is 18.1 Å². The van der Waals surface area contributed by atoms with Crippen LogP contribution in [0, 0.1) is 0 Å². The quantitative estimate of drug-likeness (QED) is 0.563. The third-order valence-corrected chi connectivity index (χ3v) is 5.44. The van der Waals surface area contributed by atoms with E-state index in [1.54, 1.807) is 0 Å². The van der Waals surface area contributed by atoms with E-state index in [1.807, 2.05) is 36.4 Å². The molecule has 2 atom stereocenters. The summed E-state index contributed by atoms with van der Waals surface area (Å²) in [5.41, 5.74) is 2.23. The number of nitrogens with one attached hydrogen (secondary N) is 1. The van der Waals surface area contributed by atoms with Crippen molar-refractivity contribution in [2.75, 3.05) is 20.1 Å². The third kappa shape index (κ3) is 7.64. The lowest BCUT2D eigenvalue weighted by Gasteiger charge is -2.31. The van der Waals surface area contributed by atoms with Gasteiger partial charge in [-0.05, 0) is 51.9 Å². The average Bonchev–Trinajstić information content (AvgIpc) is 2.71. The Hall–Kier alpha value is -2.17. The van der Waals surface area contributed by atoms with Crippen molar-refractivity contribution in [3.05, 3.63) is 71.8 Å². The molecule has 0 amide bonds. The number of benzene rings is 2. The number of carbonyl (C=O) groups excluding carboxylic acids is 1. The fraction of sp³-hybridized carbons (Fsp3) is 0.480. The van der Waals surface area contributed by atoms with Gasteiger partial charge < -0.3 is 10.1 Å². The molecule has 29 heavy (non-hydrogen) atoms. The molecule has 0 aromatic heterocycles. The number of carbonyl (C=O) groups is 1. The SMILES string of the molecule is CCN(C)C(C)C(OC(=O)CCNC(C)(C)Cc1ccccc1)c1ccccc1. The van der Waals surface area contributed by atoms with E-state index in [4.69, 9.17) is 4.74 Å². The minimum Gasteiger partial charge on any atom is -0.456 e. The average molecular weight is 397 g/mol. The highest BCUT2D eigenvalue weighted by Gasteiger charge is 2.26. The molecule has 2 rings (SSSR count). The maximum Gasteiger partial charge on any atom is 0.307 e. The van der Waals surface area contributed by atoms with Crippen LogP contribution in [0.2, 0.25) is 0 Å².